The predicted molar refractivity (Wildman–Crippen MR) is 268 cm³/mol. The van der Waals surface area contributed by atoms with E-state index in [0.717, 1.165) is 57.4 Å². The molecule has 374 valence electrons. The number of likely N-dealkylation sites (tertiary alicyclic amines) is 1. The van der Waals surface area contributed by atoms with Crippen molar-refractivity contribution in [2.75, 3.05) is 46.4 Å². The van der Waals surface area contributed by atoms with Crippen LogP contribution in [-0.2, 0) is 14.4 Å². The van der Waals surface area contributed by atoms with Gasteiger partial charge in [0.25, 0.3) is 5.91 Å². The molecule has 1 heterocycles. The number of carbonyl (C=O) groups is 4. The van der Waals surface area contributed by atoms with Crippen LogP contribution in [0.1, 0.15) is 162 Å². The maximum atomic E-state index is 14.2. The molecule has 7 aliphatic rings. The van der Waals surface area contributed by atoms with Crippen LogP contribution in [0.5, 0.6) is 5.75 Å². The lowest BCUT2D eigenvalue weighted by molar-refractivity contribution is -0.172. The highest BCUT2D eigenvalue weighted by Gasteiger charge is 2.65. The topological polar surface area (TPSA) is 151 Å². The van der Waals surface area contributed by atoms with E-state index in [1.807, 2.05) is 6.92 Å². The number of carbonyl (C=O) groups excluding carboxylic acids is 3. The van der Waals surface area contributed by atoms with Crippen LogP contribution < -0.4 is 21.1 Å². The molecule has 1 aromatic rings. The Kier molecular flexibility index (Phi) is 16.2. The van der Waals surface area contributed by atoms with Gasteiger partial charge in [-0.1, -0.05) is 65.1 Å². The van der Waals surface area contributed by atoms with Crippen molar-refractivity contribution < 1.29 is 29.0 Å². The van der Waals surface area contributed by atoms with Crippen molar-refractivity contribution in [3.05, 3.63) is 39.9 Å². The number of nitrogens with two attached hydrogens (primary N) is 1. The standard InChI is InChI=1S/C55H82ClN3O6.CH5N/c1-33(2)48-45(61)31-55(22-23-57-32-52(5,6)58-50(62)39-13-12-37(56)29-46(39)65-27-26-59-24-10-9-11-25-59)21-18-43-38(49(48)55)14-15-47-53(7)19-16-36(34(3)42(53)17-20-54(43,47)8)28-44(60)40-30-41(35(40)4)51(63)64;1-2/h12-13,29,33-36,38,40-43,47,57H,9-11,14-28,30-32H2,1-8H3,(H,58,62)(H,63,64);2H2,1H3. The third-order valence-electron chi connectivity index (χ3n) is 19.6. The van der Waals surface area contributed by atoms with Gasteiger partial charge in [-0.15, -0.1) is 0 Å². The van der Waals surface area contributed by atoms with Crippen LogP contribution in [-0.4, -0.2) is 85.4 Å². The first-order chi connectivity index (χ1) is 31.8. The zero-order valence-corrected chi connectivity index (χ0v) is 43.5. The molecule has 0 radical (unpaired) electrons. The van der Waals surface area contributed by atoms with Crippen LogP contribution in [0.4, 0.5) is 0 Å². The minimum absolute atomic E-state index is 0.0524. The molecule has 1 aromatic carbocycles. The molecule has 67 heavy (non-hydrogen) atoms. The number of fused-ring (bicyclic) bond motifs is 7. The number of hydrogen-bond acceptors (Lipinski definition) is 8. The summed E-state index contributed by atoms with van der Waals surface area (Å²) in [6, 6.07) is 5.26. The summed E-state index contributed by atoms with van der Waals surface area (Å²) >= 11 is 6.38. The van der Waals surface area contributed by atoms with Crippen LogP contribution in [0.3, 0.4) is 0 Å². The first-order valence-electron chi connectivity index (χ1n) is 26.6. The third kappa shape index (κ3) is 10.2. The monoisotopic (exact) mass is 947 g/mol. The minimum atomic E-state index is -0.756. The van der Waals surface area contributed by atoms with Gasteiger partial charge in [0.2, 0.25) is 0 Å². The molecule has 11 heteroatoms. The number of ketones is 2. The van der Waals surface area contributed by atoms with Gasteiger partial charge in [-0.2, -0.15) is 0 Å². The van der Waals surface area contributed by atoms with Crippen molar-refractivity contribution >= 4 is 35.0 Å². The van der Waals surface area contributed by atoms with Crippen molar-refractivity contribution in [1.29, 1.82) is 0 Å². The molecular formula is C56H87ClN4O6. The Labute approximate surface area is 408 Å². The molecule has 12 atom stereocenters. The second-order valence-corrected chi connectivity index (χ2v) is 24.5. The Hall–Kier alpha value is -2.79. The normalized spacial score (nSPS) is 36.1. The van der Waals surface area contributed by atoms with E-state index in [2.05, 4.69) is 69.7 Å². The number of nitrogens with zero attached hydrogens (tertiary/aromatic N) is 1. The number of rotatable bonds is 16. The number of piperidine rings is 1. The van der Waals surface area contributed by atoms with Crippen LogP contribution >= 0.6 is 11.6 Å². The fourth-order valence-electron chi connectivity index (χ4n) is 16.1. The number of carboxylic acids is 1. The molecule has 5 N–H and O–H groups in total. The van der Waals surface area contributed by atoms with Gasteiger partial charge in [-0.3, -0.25) is 24.1 Å². The number of halogens is 1. The van der Waals surface area contributed by atoms with Gasteiger partial charge in [0, 0.05) is 47.8 Å². The molecule has 1 aliphatic heterocycles. The number of Topliss-reactive ketones (excluding diaryl/α,β-unsaturated/α-hetero) is 2. The lowest BCUT2D eigenvalue weighted by Gasteiger charge is -2.67. The molecule has 6 aliphatic carbocycles. The maximum Gasteiger partial charge on any atom is 0.306 e. The number of amides is 1. The largest absolute Gasteiger partial charge is 0.491 e. The summed E-state index contributed by atoms with van der Waals surface area (Å²) in [5.74, 6) is 3.12. The molecule has 5 saturated carbocycles. The summed E-state index contributed by atoms with van der Waals surface area (Å²) in [7, 11) is 1.50. The van der Waals surface area contributed by atoms with Gasteiger partial charge < -0.3 is 26.2 Å². The highest BCUT2D eigenvalue weighted by molar-refractivity contribution is 6.30. The molecule has 8 rings (SSSR count). The van der Waals surface area contributed by atoms with Gasteiger partial charge in [0.15, 0.2) is 5.78 Å². The van der Waals surface area contributed by atoms with Crippen molar-refractivity contribution in [1.82, 2.24) is 15.5 Å². The van der Waals surface area contributed by atoms with Crippen LogP contribution in [0, 0.1) is 75.4 Å². The highest BCUT2D eigenvalue weighted by Crippen LogP contribution is 2.72. The Morgan fingerprint density at radius 3 is 2.31 bits per heavy atom. The molecule has 12 unspecified atom stereocenters. The lowest BCUT2D eigenvalue weighted by Crippen LogP contribution is -2.60. The number of ether oxygens (including phenoxy) is 1. The smallest absolute Gasteiger partial charge is 0.306 e. The average Bonchev–Trinajstić information content (AvgIpc) is 3.58. The predicted octanol–water partition coefficient (Wildman–Crippen LogP) is 10.4. The van der Waals surface area contributed by atoms with Crippen molar-refractivity contribution in [3.63, 3.8) is 0 Å². The Bertz CT molecular complexity index is 2010. The molecule has 1 amide bonds. The Morgan fingerprint density at radius 2 is 1.63 bits per heavy atom. The minimum Gasteiger partial charge on any atom is -0.491 e. The van der Waals surface area contributed by atoms with E-state index in [4.69, 9.17) is 16.3 Å². The molecular weight excluding hydrogens is 860 g/mol. The van der Waals surface area contributed by atoms with Crippen LogP contribution in [0.15, 0.2) is 29.3 Å². The average molecular weight is 948 g/mol. The summed E-state index contributed by atoms with van der Waals surface area (Å²) in [5, 5.41) is 17.1. The molecule has 0 aromatic heterocycles. The van der Waals surface area contributed by atoms with Gasteiger partial charge in [0.05, 0.1) is 11.5 Å². The molecule has 0 spiro atoms. The van der Waals surface area contributed by atoms with E-state index in [1.54, 1.807) is 18.2 Å². The van der Waals surface area contributed by atoms with E-state index >= 15 is 0 Å². The molecule has 1 saturated heterocycles. The Balaban J connectivity index is 0.00000329. The summed E-state index contributed by atoms with van der Waals surface area (Å²) in [4.78, 5) is 55.6. The van der Waals surface area contributed by atoms with E-state index in [9.17, 15) is 24.3 Å². The number of aliphatic carboxylic acids is 1. The molecule has 10 nitrogen and oxygen atoms in total. The fraction of sp³-hybridized carbons (Fsp3) is 0.786. The van der Waals surface area contributed by atoms with E-state index in [1.165, 1.54) is 64.0 Å². The second kappa shape index (κ2) is 20.9. The van der Waals surface area contributed by atoms with E-state index in [-0.39, 0.29) is 45.8 Å². The third-order valence-corrected chi connectivity index (χ3v) is 19.8. The second-order valence-electron chi connectivity index (χ2n) is 24.0. The van der Waals surface area contributed by atoms with Crippen LogP contribution in [0.25, 0.3) is 0 Å². The van der Waals surface area contributed by atoms with Gasteiger partial charge in [-0.05, 0) is 200 Å². The van der Waals surface area contributed by atoms with Gasteiger partial charge in [-0.25, -0.2) is 0 Å². The highest BCUT2D eigenvalue weighted by atomic mass is 35.5. The van der Waals surface area contributed by atoms with Gasteiger partial charge in [0.1, 0.15) is 18.1 Å². The number of nitrogens with one attached hydrogen (secondary N) is 2. The van der Waals surface area contributed by atoms with E-state index < -0.39 is 11.5 Å². The Morgan fingerprint density at radius 1 is 0.940 bits per heavy atom. The number of benzene rings is 1. The number of allylic oxidation sites excluding steroid dienone is 2. The fourth-order valence-corrected chi connectivity index (χ4v) is 16.3. The summed E-state index contributed by atoms with van der Waals surface area (Å²) in [5.41, 5.74) is 7.49. The molecule has 6 fully saturated rings. The lowest BCUT2D eigenvalue weighted by atomic mass is 9.37. The van der Waals surface area contributed by atoms with E-state index in [0.29, 0.717) is 95.8 Å². The maximum absolute atomic E-state index is 14.2. The summed E-state index contributed by atoms with van der Waals surface area (Å²) in [6.07, 6.45) is 15.7. The SMILES string of the molecule is CC(C)C1=C2C3CCC4C(C)(CCC5C(C)C(CC(=O)C6CC(C(=O)O)C6C)CCC54C)C3CCC2(CCNCC(C)(C)NC(=O)c2ccc(Cl)cc2OCCN2CCCCC2)CC1=O.CN. The van der Waals surface area contributed by atoms with Crippen LogP contribution in [0.2, 0.25) is 5.02 Å². The van der Waals surface area contributed by atoms with Gasteiger partial charge >= 0.3 is 5.97 Å². The van der Waals surface area contributed by atoms with Crippen molar-refractivity contribution in [2.24, 2.45) is 81.2 Å². The number of carboxylic acid groups (broad SMARTS) is 1. The quantitative estimate of drug-likeness (QED) is 0.119. The summed E-state index contributed by atoms with van der Waals surface area (Å²) < 4.78 is 6.18. The first-order valence-corrected chi connectivity index (χ1v) is 27.0. The van der Waals surface area contributed by atoms with Crippen molar-refractivity contribution in [2.45, 2.75) is 157 Å². The number of hydrogen-bond donors (Lipinski definition) is 4. The zero-order chi connectivity index (χ0) is 48.6. The molecule has 0 bridgehead atoms. The summed E-state index contributed by atoms with van der Waals surface area (Å²) in [6.45, 7) is 23.1. The van der Waals surface area contributed by atoms with Crippen molar-refractivity contribution in [3.8, 4) is 5.75 Å². The first kappa shape index (κ1) is 52.0. The zero-order valence-electron chi connectivity index (χ0n) is 42.7.